The van der Waals surface area contributed by atoms with Gasteiger partial charge in [-0.25, -0.2) is 13.8 Å². The van der Waals surface area contributed by atoms with E-state index in [0.29, 0.717) is 9.26 Å². The van der Waals surface area contributed by atoms with E-state index in [4.69, 9.17) is 5.11 Å². The molecular weight excluding hydrogens is 406 g/mol. The van der Waals surface area contributed by atoms with Crippen LogP contribution in [0.25, 0.3) is 0 Å². The zero-order chi connectivity index (χ0) is 10.0. The Bertz CT molecular complexity index is 320. The first-order chi connectivity index (χ1) is 6.06. The highest BCUT2D eigenvalue weighted by Gasteiger charge is 2.14. The molecule has 0 bridgehead atoms. The average molecular weight is 411 g/mol. The maximum Gasteiger partial charge on any atom is 0.280 e. The molecule has 1 heterocycles. The van der Waals surface area contributed by atoms with E-state index in [1.807, 2.05) is 45.2 Å². The summed E-state index contributed by atoms with van der Waals surface area (Å²) in [7, 11) is 0. The van der Waals surface area contributed by atoms with Crippen LogP contribution in [-0.2, 0) is 6.61 Å². The standard InChI is InChI=1S/C7H5F2I2NO/c8-6(9)4-1-3(2-13)5(10)7(11)12-4/h1,6,13H,2H2. The molecule has 0 spiro atoms. The van der Waals surface area contributed by atoms with E-state index in [1.165, 1.54) is 6.07 Å². The number of alkyl halides is 2. The van der Waals surface area contributed by atoms with Crippen LogP contribution in [-0.4, -0.2) is 10.1 Å². The van der Waals surface area contributed by atoms with Crippen LogP contribution in [0.15, 0.2) is 6.07 Å². The fourth-order valence-electron chi connectivity index (χ4n) is 0.796. The third-order valence-electron chi connectivity index (χ3n) is 1.41. The molecule has 0 saturated carbocycles. The number of rotatable bonds is 2. The lowest BCUT2D eigenvalue weighted by atomic mass is 10.2. The van der Waals surface area contributed by atoms with Gasteiger partial charge in [0, 0.05) is 0 Å². The van der Waals surface area contributed by atoms with Crippen LogP contribution in [0.2, 0.25) is 0 Å². The van der Waals surface area contributed by atoms with Gasteiger partial charge < -0.3 is 5.11 Å². The molecule has 0 aliphatic heterocycles. The van der Waals surface area contributed by atoms with E-state index >= 15 is 0 Å². The highest BCUT2D eigenvalue weighted by Crippen LogP contribution is 2.24. The minimum Gasteiger partial charge on any atom is -0.392 e. The first-order valence-corrected chi connectivity index (χ1v) is 5.45. The van der Waals surface area contributed by atoms with Gasteiger partial charge in [0.2, 0.25) is 0 Å². The molecular formula is C7H5F2I2NO. The Morgan fingerprint density at radius 1 is 1.46 bits per heavy atom. The van der Waals surface area contributed by atoms with Gasteiger partial charge in [-0.1, -0.05) is 0 Å². The van der Waals surface area contributed by atoms with Gasteiger partial charge in [-0.3, -0.25) is 0 Å². The molecule has 0 aliphatic rings. The molecule has 0 saturated heterocycles. The molecule has 0 aliphatic carbocycles. The lowest BCUT2D eigenvalue weighted by Crippen LogP contribution is -2.00. The summed E-state index contributed by atoms with van der Waals surface area (Å²) in [4.78, 5) is 3.70. The highest BCUT2D eigenvalue weighted by molar-refractivity contribution is 14.1. The summed E-state index contributed by atoms with van der Waals surface area (Å²) in [5, 5.41) is 8.87. The van der Waals surface area contributed by atoms with Crippen LogP contribution in [0.4, 0.5) is 8.78 Å². The summed E-state index contributed by atoms with van der Waals surface area (Å²) >= 11 is 3.84. The molecule has 72 valence electrons. The van der Waals surface area contributed by atoms with E-state index in [9.17, 15) is 8.78 Å². The Morgan fingerprint density at radius 3 is 2.54 bits per heavy atom. The van der Waals surface area contributed by atoms with Gasteiger partial charge in [-0.05, 0) is 56.8 Å². The molecule has 2 nitrogen and oxygen atoms in total. The second-order valence-electron chi connectivity index (χ2n) is 2.27. The van der Waals surface area contributed by atoms with Crippen molar-refractivity contribution >= 4 is 45.2 Å². The Kier molecular flexibility index (Phi) is 4.23. The number of aromatic nitrogens is 1. The van der Waals surface area contributed by atoms with Crippen molar-refractivity contribution in [2.75, 3.05) is 0 Å². The largest absolute Gasteiger partial charge is 0.392 e. The quantitative estimate of drug-likeness (QED) is 0.600. The SMILES string of the molecule is OCc1cc(C(F)F)nc(I)c1I. The van der Waals surface area contributed by atoms with Crippen LogP contribution in [0.5, 0.6) is 0 Å². The summed E-state index contributed by atoms with van der Waals surface area (Å²) in [6.07, 6.45) is -2.59. The fraction of sp³-hybridized carbons (Fsp3) is 0.286. The molecule has 1 rings (SSSR count). The second-order valence-corrected chi connectivity index (χ2v) is 4.37. The number of aliphatic hydroxyl groups is 1. The van der Waals surface area contributed by atoms with E-state index in [2.05, 4.69) is 4.98 Å². The molecule has 6 heteroatoms. The van der Waals surface area contributed by atoms with E-state index in [0.717, 1.165) is 3.57 Å². The monoisotopic (exact) mass is 411 g/mol. The van der Waals surface area contributed by atoms with Crippen molar-refractivity contribution in [1.82, 2.24) is 4.98 Å². The van der Waals surface area contributed by atoms with Gasteiger partial charge in [-0.15, -0.1) is 0 Å². The molecule has 0 fully saturated rings. The van der Waals surface area contributed by atoms with Gasteiger partial charge in [0.25, 0.3) is 6.43 Å². The molecule has 0 unspecified atom stereocenters. The van der Waals surface area contributed by atoms with Gasteiger partial charge in [0.1, 0.15) is 9.39 Å². The Morgan fingerprint density at radius 2 is 2.08 bits per heavy atom. The average Bonchev–Trinajstić information content (AvgIpc) is 2.09. The van der Waals surface area contributed by atoms with Crippen molar-refractivity contribution in [3.8, 4) is 0 Å². The number of hydrogen-bond donors (Lipinski definition) is 1. The fourth-order valence-corrected chi connectivity index (χ4v) is 1.87. The van der Waals surface area contributed by atoms with Crippen molar-refractivity contribution in [2.45, 2.75) is 13.0 Å². The predicted octanol–water partition coefficient (Wildman–Crippen LogP) is 2.72. The second kappa shape index (κ2) is 4.78. The summed E-state index contributed by atoms with van der Waals surface area (Å²) < 4.78 is 25.7. The van der Waals surface area contributed by atoms with Crippen LogP contribution >= 0.6 is 45.2 Å². The molecule has 1 N–H and O–H groups in total. The number of nitrogens with zero attached hydrogens (tertiary/aromatic N) is 1. The number of hydrogen-bond acceptors (Lipinski definition) is 2. The van der Waals surface area contributed by atoms with Crippen LogP contribution < -0.4 is 0 Å². The predicted molar refractivity (Wildman–Crippen MR) is 60.6 cm³/mol. The number of halogens is 4. The highest BCUT2D eigenvalue weighted by atomic mass is 127. The van der Waals surface area contributed by atoms with Crippen LogP contribution in [0.3, 0.4) is 0 Å². The zero-order valence-corrected chi connectivity index (χ0v) is 10.6. The minimum absolute atomic E-state index is 0.240. The van der Waals surface area contributed by atoms with Crippen molar-refractivity contribution in [1.29, 1.82) is 0 Å². The van der Waals surface area contributed by atoms with Crippen molar-refractivity contribution in [2.24, 2.45) is 0 Å². The van der Waals surface area contributed by atoms with Gasteiger partial charge >= 0.3 is 0 Å². The number of aliphatic hydroxyl groups excluding tert-OH is 1. The third kappa shape index (κ3) is 2.69. The maximum absolute atomic E-state index is 12.2. The molecule has 0 atom stereocenters. The van der Waals surface area contributed by atoms with E-state index in [-0.39, 0.29) is 12.3 Å². The summed E-state index contributed by atoms with van der Waals surface area (Å²) in [5.41, 5.74) is 0.212. The first kappa shape index (κ1) is 11.5. The van der Waals surface area contributed by atoms with Gasteiger partial charge in [0.05, 0.1) is 10.2 Å². The van der Waals surface area contributed by atoms with Crippen molar-refractivity contribution in [3.63, 3.8) is 0 Å². The van der Waals surface area contributed by atoms with Gasteiger partial charge in [0.15, 0.2) is 0 Å². The Balaban J connectivity index is 3.22. The molecule has 0 aromatic carbocycles. The van der Waals surface area contributed by atoms with Crippen LogP contribution in [0, 0.1) is 7.27 Å². The van der Waals surface area contributed by atoms with E-state index in [1.54, 1.807) is 0 Å². The lowest BCUT2D eigenvalue weighted by molar-refractivity contribution is 0.145. The maximum atomic E-state index is 12.2. The van der Waals surface area contributed by atoms with E-state index < -0.39 is 6.43 Å². The summed E-state index contributed by atoms with van der Waals surface area (Å²) in [6.45, 7) is -0.240. The molecule has 0 radical (unpaired) electrons. The molecule has 1 aromatic rings. The molecule has 1 aromatic heterocycles. The third-order valence-corrected chi connectivity index (χ3v) is 4.42. The lowest BCUT2D eigenvalue weighted by Gasteiger charge is -2.06. The smallest absolute Gasteiger partial charge is 0.280 e. The zero-order valence-electron chi connectivity index (χ0n) is 6.27. The normalized spacial score (nSPS) is 10.9. The number of pyridine rings is 1. The van der Waals surface area contributed by atoms with Crippen molar-refractivity contribution in [3.05, 3.63) is 24.6 Å². The molecule has 0 amide bonds. The van der Waals surface area contributed by atoms with Gasteiger partial charge in [-0.2, -0.15) is 0 Å². The first-order valence-electron chi connectivity index (χ1n) is 3.30. The summed E-state index contributed by atoms with van der Waals surface area (Å²) in [5.74, 6) is 0. The topological polar surface area (TPSA) is 33.1 Å². The minimum atomic E-state index is -2.59. The van der Waals surface area contributed by atoms with Crippen molar-refractivity contribution < 1.29 is 13.9 Å². The van der Waals surface area contributed by atoms with Crippen LogP contribution in [0.1, 0.15) is 17.7 Å². The molecule has 13 heavy (non-hydrogen) atoms. The Hall–Kier alpha value is 0.430. The summed E-state index contributed by atoms with van der Waals surface area (Å²) in [6, 6.07) is 1.23. The Labute approximate surface area is 101 Å².